The minimum atomic E-state index is -0.0102. The van der Waals surface area contributed by atoms with Crippen LogP contribution in [0.15, 0.2) is 24.3 Å². The van der Waals surface area contributed by atoms with Gasteiger partial charge in [-0.2, -0.15) is 0 Å². The molecule has 0 bridgehead atoms. The van der Waals surface area contributed by atoms with Gasteiger partial charge in [-0.3, -0.25) is 4.79 Å². The van der Waals surface area contributed by atoms with Crippen molar-refractivity contribution in [3.63, 3.8) is 0 Å². The fraction of sp³-hybridized carbons (Fsp3) is 0.500. The zero-order chi connectivity index (χ0) is 11.2. The Morgan fingerprint density at radius 1 is 1.31 bits per heavy atom. The number of rotatable bonds is 0. The van der Waals surface area contributed by atoms with Crippen molar-refractivity contribution >= 4 is 5.91 Å². The molecule has 1 amide bonds. The predicted octanol–water partition coefficient (Wildman–Crippen LogP) is 2.85. The van der Waals surface area contributed by atoms with Gasteiger partial charge >= 0.3 is 0 Å². The molecule has 1 aliphatic heterocycles. The standard InChI is InChI=1S/C14H17NO/c1-14-9-5-4-8-12(14)10-6-2-3-7-11(10)13(16)15-14/h2-3,6-7,12H,4-5,8-9H2,1H3,(H,15,16)/t12-,14-/m0/s1. The molecule has 3 rings (SSSR count). The summed E-state index contributed by atoms with van der Waals surface area (Å²) in [5, 5.41) is 3.21. The number of hydrogen-bond acceptors (Lipinski definition) is 1. The Morgan fingerprint density at radius 3 is 3.00 bits per heavy atom. The van der Waals surface area contributed by atoms with Gasteiger partial charge in [0.25, 0.3) is 5.91 Å². The second kappa shape index (κ2) is 3.34. The van der Waals surface area contributed by atoms with Gasteiger partial charge in [0.15, 0.2) is 0 Å². The topological polar surface area (TPSA) is 29.1 Å². The van der Waals surface area contributed by atoms with Crippen molar-refractivity contribution in [3.05, 3.63) is 35.4 Å². The van der Waals surface area contributed by atoms with E-state index in [-0.39, 0.29) is 11.4 Å². The molecule has 1 aromatic rings. The van der Waals surface area contributed by atoms with Crippen molar-refractivity contribution in [1.82, 2.24) is 5.32 Å². The van der Waals surface area contributed by atoms with Crippen molar-refractivity contribution in [2.45, 2.75) is 44.1 Å². The van der Waals surface area contributed by atoms with Gasteiger partial charge in [-0.25, -0.2) is 0 Å². The van der Waals surface area contributed by atoms with Gasteiger partial charge in [-0.05, 0) is 31.4 Å². The molecule has 1 N–H and O–H groups in total. The Hall–Kier alpha value is -1.31. The van der Waals surface area contributed by atoms with E-state index in [1.807, 2.05) is 18.2 Å². The molecule has 1 heterocycles. The molecule has 1 saturated carbocycles. The van der Waals surface area contributed by atoms with E-state index in [4.69, 9.17) is 0 Å². The van der Waals surface area contributed by atoms with Crippen LogP contribution < -0.4 is 5.32 Å². The van der Waals surface area contributed by atoms with E-state index in [2.05, 4.69) is 18.3 Å². The Bertz CT molecular complexity index is 440. The summed E-state index contributed by atoms with van der Waals surface area (Å²) in [6.45, 7) is 2.20. The molecule has 2 heteroatoms. The van der Waals surface area contributed by atoms with Crippen molar-refractivity contribution in [3.8, 4) is 0 Å². The molecule has 0 aromatic heterocycles. The highest BCUT2D eigenvalue weighted by Gasteiger charge is 2.43. The summed E-state index contributed by atoms with van der Waals surface area (Å²) in [4.78, 5) is 12.0. The molecule has 2 aliphatic rings. The lowest BCUT2D eigenvalue weighted by molar-refractivity contribution is 0.0829. The minimum absolute atomic E-state index is 0.0102. The predicted molar refractivity (Wildman–Crippen MR) is 63.5 cm³/mol. The maximum atomic E-state index is 12.0. The largest absolute Gasteiger partial charge is 0.346 e. The highest BCUT2D eigenvalue weighted by molar-refractivity contribution is 5.97. The summed E-state index contributed by atoms with van der Waals surface area (Å²) in [5.41, 5.74) is 2.13. The fourth-order valence-corrected chi connectivity index (χ4v) is 3.32. The number of carbonyl (C=O) groups is 1. The first-order chi connectivity index (χ1) is 7.71. The smallest absolute Gasteiger partial charge is 0.252 e. The third kappa shape index (κ3) is 1.29. The highest BCUT2D eigenvalue weighted by Crippen LogP contribution is 2.44. The molecule has 2 nitrogen and oxygen atoms in total. The van der Waals surface area contributed by atoms with Crippen LogP contribution in [0, 0.1) is 0 Å². The number of amides is 1. The van der Waals surface area contributed by atoms with Crippen LogP contribution in [0.1, 0.15) is 54.4 Å². The monoisotopic (exact) mass is 215 g/mol. The average Bonchev–Trinajstić information content (AvgIpc) is 2.28. The Balaban J connectivity index is 2.13. The normalized spacial score (nSPS) is 32.6. The van der Waals surface area contributed by atoms with Crippen molar-refractivity contribution < 1.29 is 4.79 Å². The first-order valence-electron chi connectivity index (χ1n) is 6.12. The molecule has 2 atom stereocenters. The Labute approximate surface area is 96.1 Å². The van der Waals surface area contributed by atoms with Gasteiger partial charge in [-0.15, -0.1) is 0 Å². The molecule has 1 aromatic carbocycles. The van der Waals surface area contributed by atoms with Gasteiger partial charge in [0, 0.05) is 17.0 Å². The quantitative estimate of drug-likeness (QED) is 0.708. The third-order valence-electron chi connectivity index (χ3n) is 4.19. The van der Waals surface area contributed by atoms with Gasteiger partial charge in [0.05, 0.1) is 0 Å². The number of fused-ring (bicyclic) bond motifs is 3. The first kappa shape index (κ1) is 9.88. The molecule has 0 unspecified atom stereocenters. The van der Waals surface area contributed by atoms with Crippen LogP contribution in [0.5, 0.6) is 0 Å². The van der Waals surface area contributed by atoms with Gasteiger partial charge < -0.3 is 5.32 Å². The third-order valence-corrected chi connectivity index (χ3v) is 4.19. The van der Waals surface area contributed by atoms with Crippen LogP contribution >= 0.6 is 0 Å². The van der Waals surface area contributed by atoms with Crippen LogP contribution in [0.3, 0.4) is 0 Å². The van der Waals surface area contributed by atoms with Gasteiger partial charge in [0.1, 0.15) is 0 Å². The number of benzene rings is 1. The van der Waals surface area contributed by atoms with E-state index in [9.17, 15) is 4.79 Å². The minimum Gasteiger partial charge on any atom is -0.346 e. The summed E-state index contributed by atoms with van der Waals surface area (Å²) in [6, 6.07) is 8.07. The molecule has 16 heavy (non-hydrogen) atoms. The number of hydrogen-bond donors (Lipinski definition) is 1. The molecule has 84 valence electrons. The zero-order valence-electron chi connectivity index (χ0n) is 9.62. The number of carbonyl (C=O) groups excluding carboxylic acids is 1. The van der Waals surface area contributed by atoms with E-state index >= 15 is 0 Å². The average molecular weight is 215 g/mol. The van der Waals surface area contributed by atoms with Gasteiger partial charge in [0.2, 0.25) is 0 Å². The van der Waals surface area contributed by atoms with Gasteiger partial charge in [-0.1, -0.05) is 31.0 Å². The fourth-order valence-electron chi connectivity index (χ4n) is 3.32. The summed E-state index contributed by atoms with van der Waals surface area (Å²) >= 11 is 0. The molecule has 0 spiro atoms. The Morgan fingerprint density at radius 2 is 2.12 bits per heavy atom. The van der Waals surface area contributed by atoms with E-state index in [1.165, 1.54) is 24.8 Å². The van der Waals surface area contributed by atoms with E-state index in [0.717, 1.165) is 12.0 Å². The van der Waals surface area contributed by atoms with Crippen molar-refractivity contribution in [1.29, 1.82) is 0 Å². The second-order valence-electron chi connectivity index (χ2n) is 5.26. The van der Waals surface area contributed by atoms with Crippen LogP contribution in [-0.4, -0.2) is 11.4 Å². The lowest BCUT2D eigenvalue weighted by Crippen LogP contribution is -2.55. The summed E-state index contributed by atoms with van der Waals surface area (Å²) < 4.78 is 0. The summed E-state index contributed by atoms with van der Waals surface area (Å²) in [6.07, 6.45) is 4.82. The first-order valence-corrected chi connectivity index (χ1v) is 6.12. The molecular formula is C14H17NO. The number of nitrogens with one attached hydrogen (secondary N) is 1. The lowest BCUT2D eigenvalue weighted by Gasteiger charge is -2.46. The second-order valence-corrected chi connectivity index (χ2v) is 5.26. The molecular weight excluding hydrogens is 198 g/mol. The summed E-state index contributed by atoms with van der Waals surface area (Å²) in [7, 11) is 0. The maximum Gasteiger partial charge on any atom is 0.252 e. The highest BCUT2D eigenvalue weighted by atomic mass is 16.1. The Kier molecular flexibility index (Phi) is 2.06. The van der Waals surface area contributed by atoms with Crippen molar-refractivity contribution in [2.24, 2.45) is 0 Å². The van der Waals surface area contributed by atoms with E-state index in [0.29, 0.717) is 5.92 Å². The molecule has 0 saturated heterocycles. The van der Waals surface area contributed by atoms with Crippen LogP contribution in [0.4, 0.5) is 0 Å². The van der Waals surface area contributed by atoms with E-state index < -0.39 is 0 Å². The molecule has 1 aliphatic carbocycles. The molecule has 1 fully saturated rings. The van der Waals surface area contributed by atoms with E-state index in [1.54, 1.807) is 0 Å². The maximum absolute atomic E-state index is 12.0. The SMILES string of the molecule is C[C@]12CCCC[C@H]1c1ccccc1C(=O)N2. The van der Waals surface area contributed by atoms with Crippen LogP contribution in [0.2, 0.25) is 0 Å². The van der Waals surface area contributed by atoms with Crippen LogP contribution in [-0.2, 0) is 0 Å². The molecule has 0 radical (unpaired) electrons. The zero-order valence-corrected chi connectivity index (χ0v) is 9.62. The van der Waals surface area contributed by atoms with Crippen molar-refractivity contribution in [2.75, 3.05) is 0 Å². The van der Waals surface area contributed by atoms with Crippen LogP contribution in [0.25, 0.3) is 0 Å². The lowest BCUT2D eigenvalue weighted by atomic mass is 9.67. The summed E-state index contributed by atoms with van der Waals surface area (Å²) in [5.74, 6) is 0.617.